The minimum absolute atomic E-state index is 0.481. The fourth-order valence-corrected chi connectivity index (χ4v) is 2.22. The summed E-state index contributed by atoms with van der Waals surface area (Å²) in [4.78, 5) is 0. The van der Waals surface area contributed by atoms with E-state index in [0.29, 0.717) is 6.54 Å². The Bertz CT molecular complexity index is 427. The average molecular weight is 265 g/mol. The molecule has 0 saturated heterocycles. The summed E-state index contributed by atoms with van der Waals surface area (Å²) in [5.41, 5.74) is 10.4. The summed E-state index contributed by atoms with van der Waals surface area (Å²) >= 11 is 0. The van der Waals surface area contributed by atoms with Crippen molar-refractivity contribution in [3.8, 4) is 11.5 Å². The van der Waals surface area contributed by atoms with Gasteiger partial charge in [-0.3, -0.25) is 0 Å². The second-order valence-electron chi connectivity index (χ2n) is 4.91. The first kappa shape index (κ1) is 15.8. The van der Waals surface area contributed by atoms with Gasteiger partial charge in [0.1, 0.15) is 11.5 Å². The van der Waals surface area contributed by atoms with Gasteiger partial charge in [-0.1, -0.05) is 13.8 Å². The molecule has 2 N–H and O–H groups in total. The maximum Gasteiger partial charge on any atom is 0.127 e. The molecular weight excluding hydrogens is 238 g/mol. The standard InChI is InChI=1S/C16H27NO2/c1-6-8-18-15-11(3)12(4)16(19-9-7-2)14(10-17)13(15)5/h6-10,17H2,1-5H3. The van der Waals surface area contributed by atoms with E-state index in [4.69, 9.17) is 15.2 Å². The first-order chi connectivity index (χ1) is 9.08. The molecule has 0 radical (unpaired) electrons. The molecule has 1 rings (SSSR count). The van der Waals surface area contributed by atoms with Crippen molar-refractivity contribution in [2.24, 2.45) is 5.73 Å². The smallest absolute Gasteiger partial charge is 0.127 e. The molecule has 0 bridgehead atoms. The SMILES string of the molecule is CCCOc1c(C)c(C)c(OCCC)c(CN)c1C. The van der Waals surface area contributed by atoms with Crippen LogP contribution in [0.15, 0.2) is 0 Å². The minimum Gasteiger partial charge on any atom is -0.493 e. The lowest BCUT2D eigenvalue weighted by Crippen LogP contribution is -2.11. The second-order valence-corrected chi connectivity index (χ2v) is 4.91. The molecule has 0 amide bonds. The zero-order valence-corrected chi connectivity index (χ0v) is 12.9. The first-order valence-corrected chi connectivity index (χ1v) is 7.16. The normalized spacial score (nSPS) is 10.6. The number of nitrogens with two attached hydrogens (primary N) is 1. The largest absolute Gasteiger partial charge is 0.493 e. The third kappa shape index (κ3) is 3.41. The number of hydrogen-bond donors (Lipinski definition) is 1. The summed E-state index contributed by atoms with van der Waals surface area (Å²) < 4.78 is 11.8. The van der Waals surface area contributed by atoms with E-state index in [0.717, 1.165) is 59.8 Å². The molecule has 3 heteroatoms. The monoisotopic (exact) mass is 265 g/mol. The van der Waals surface area contributed by atoms with Crippen molar-refractivity contribution in [1.82, 2.24) is 0 Å². The summed E-state index contributed by atoms with van der Waals surface area (Å²) in [6, 6.07) is 0. The van der Waals surface area contributed by atoms with E-state index in [9.17, 15) is 0 Å². The Balaban J connectivity index is 3.27. The zero-order chi connectivity index (χ0) is 14.4. The van der Waals surface area contributed by atoms with Crippen LogP contribution >= 0.6 is 0 Å². The summed E-state index contributed by atoms with van der Waals surface area (Å²) in [7, 11) is 0. The van der Waals surface area contributed by atoms with Gasteiger partial charge in [0.05, 0.1) is 13.2 Å². The molecule has 0 unspecified atom stereocenters. The molecule has 19 heavy (non-hydrogen) atoms. The predicted octanol–water partition coefficient (Wildman–Crippen LogP) is 3.65. The number of rotatable bonds is 7. The maximum absolute atomic E-state index is 5.90. The third-order valence-electron chi connectivity index (χ3n) is 3.42. The van der Waals surface area contributed by atoms with Crippen LogP contribution in [-0.4, -0.2) is 13.2 Å². The van der Waals surface area contributed by atoms with Gasteiger partial charge in [-0.15, -0.1) is 0 Å². The number of benzene rings is 1. The summed E-state index contributed by atoms with van der Waals surface area (Å²) in [5.74, 6) is 1.92. The fourth-order valence-electron chi connectivity index (χ4n) is 2.22. The summed E-state index contributed by atoms with van der Waals surface area (Å²) in [6.45, 7) is 12.4. The maximum atomic E-state index is 5.90. The van der Waals surface area contributed by atoms with E-state index in [1.54, 1.807) is 0 Å². The topological polar surface area (TPSA) is 44.5 Å². The average Bonchev–Trinajstić information content (AvgIpc) is 2.41. The molecule has 1 aromatic rings. The highest BCUT2D eigenvalue weighted by molar-refractivity contribution is 5.58. The van der Waals surface area contributed by atoms with E-state index in [1.165, 1.54) is 0 Å². The molecule has 0 atom stereocenters. The molecular formula is C16H27NO2. The van der Waals surface area contributed by atoms with Gasteiger partial charge in [-0.2, -0.15) is 0 Å². The van der Waals surface area contributed by atoms with Crippen molar-refractivity contribution in [3.63, 3.8) is 0 Å². The van der Waals surface area contributed by atoms with Crippen LogP contribution in [-0.2, 0) is 6.54 Å². The molecule has 0 aliphatic rings. The Morgan fingerprint density at radius 3 is 1.74 bits per heavy atom. The molecule has 0 heterocycles. The van der Waals surface area contributed by atoms with Crippen LogP contribution in [0.5, 0.6) is 11.5 Å². The van der Waals surface area contributed by atoms with Gasteiger partial charge in [0.2, 0.25) is 0 Å². The van der Waals surface area contributed by atoms with E-state index in [-0.39, 0.29) is 0 Å². The van der Waals surface area contributed by atoms with Crippen LogP contribution in [0.4, 0.5) is 0 Å². The lowest BCUT2D eigenvalue weighted by Gasteiger charge is -2.21. The minimum atomic E-state index is 0.481. The lowest BCUT2D eigenvalue weighted by atomic mass is 9.97. The quantitative estimate of drug-likeness (QED) is 0.818. The molecule has 3 nitrogen and oxygen atoms in total. The third-order valence-corrected chi connectivity index (χ3v) is 3.42. The molecule has 0 aliphatic carbocycles. The van der Waals surface area contributed by atoms with Gasteiger partial charge in [0.15, 0.2) is 0 Å². The van der Waals surface area contributed by atoms with E-state index >= 15 is 0 Å². The van der Waals surface area contributed by atoms with Crippen LogP contribution in [0.1, 0.15) is 48.9 Å². The molecule has 108 valence electrons. The Kier molecular flexibility index (Phi) is 6.16. The van der Waals surface area contributed by atoms with Crippen molar-refractivity contribution in [1.29, 1.82) is 0 Å². The number of hydrogen-bond acceptors (Lipinski definition) is 3. The Morgan fingerprint density at radius 2 is 1.26 bits per heavy atom. The highest BCUT2D eigenvalue weighted by atomic mass is 16.5. The highest BCUT2D eigenvalue weighted by Crippen LogP contribution is 2.37. The Labute approximate surface area is 117 Å². The van der Waals surface area contributed by atoms with Crippen LogP contribution in [0.3, 0.4) is 0 Å². The molecule has 0 aromatic heterocycles. The zero-order valence-electron chi connectivity index (χ0n) is 12.9. The van der Waals surface area contributed by atoms with Gasteiger partial charge < -0.3 is 15.2 Å². The van der Waals surface area contributed by atoms with E-state index < -0.39 is 0 Å². The molecule has 0 spiro atoms. The lowest BCUT2D eigenvalue weighted by molar-refractivity contribution is 0.300. The van der Waals surface area contributed by atoms with Crippen LogP contribution in [0.2, 0.25) is 0 Å². The summed E-state index contributed by atoms with van der Waals surface area (Å²) in [6.07, 6.45) is 2.00. The molecule has 1 aromatic carbocycles. The Morgan fingerprint density at radius 1 is 0.789 bits per heavy atom. The molecule has 0 aliphatic heterocycles. The fraction of sp³-hybridized carbons (Fsp3) is 0.625. The van der Waals surface area contributed by atoms with Crippen molar-refractivity contribution in [2.75, 3.05) is 13.2 Å². The highest BCUT2D eigenvalue weighted by Gasteiger charge is 2.18. The van der Waals surface area contributed by atoms with Crippen molar-refractivity contribution in [3.05, 3.63) is 22.3 Å². The molecule has 0 saturated carbocycles. The Hall–Kier alpha value is -1.22. The van der Waals surface area contributed by atoms with Gasteiger partial charge in [0, 0.05) is 12.1 Å². The van der Waals surface area contributed by atoms with Gasteiger partial charge in [-0.25, -0.2) is 0 Å². The van der Waals surface area contributed by atoms with Crippen LogP contribution in [0, 0.1) is 20.8 Å². The van der Waals surface area contributed by atoms with Crippen LogP contribution in [0.25, 0.3) is 0 Å². The van der Waals surface area contributed by atoms with Crippen LogP contribution < -0.4 is 15.2 Å². The van der Waals surface area contributed by atoms with Gasteiger partial charge in [-0.05, 0) is 50.3 Å². The summed E-state index contributed by atoms with van der Waals surface area (Å²) in [5, 5.41) is 0. The van der Waals surface area contributed by atoms with Crippen molar-refractivity contribution >= 4 is 0 Å². The van der Waals surface area contributed by atoms with E-state index in [1.807, 2.05) is 0 Å². The first-order valence-electron chi connectivity index (χ1n) is 7.16. The van der Waals surface area contributed by atoms with E-state index in [2.05, 4.69) is 34.6 Å². The van der Waals surface area contributed by atoms with Gasteiger partial charge in [0.25, 0.3) is 0 Å². The van der Waals surface area contributed by atoms with Crippen molar-refractivity contribution < 1.29 is 9.47 Å². The van der Waals surface area contributed by atoms with Crippen molar-refractivity contribution in [2.45, 2.75) is 54.0 Å². The molecule has 0 fully saturated rings. The van der Waals surface area contributed by atoms with Gasteiger partial charge >= 0.3 is 0 Å². The number of ether oxygens (including phenoxy) is 2. The second kappa shape index (κ2) is 7.39. The predicted molar refractivity (Wildman–Crippen MR) is 80.1 cm³/mol.